The number of carbonyl (C=O) groups is 1. The fourth-order valence-electron chi connectivity index (χ4n) is 1.66. The molecule has 0 aliphatic heterocycles. The van der Waals surface area contributed by atoms with Gasteiger partial charge in [-0.2, -0.15) is 0 Å². The normalized spacial score (nSPS) is 10.5. The lowest BCUT2D eigenvalue weighted by molar-refractivity contribution is 0.0697. The lowest BCUT2D eigenvalue weighted by Gasteiger charge is -2.09. The van der Waals surface area contributed by atoms with Crippen molar-refractivity contribution >= 4 is 50.5 Å². The van der Waals surface area contributed by atoms with Gasteiger partial charge in [0.25, 0.3) is 0 Å². The second-order valence-corrected chi connectivity index (χ2v) is 6.62. The van der Waals surface area contributed by atoms with Crippen LogP contribution in [0.4, 0.5) is 5.69 Å². The Balaban J connectivity index is 2.09. The Morgan fingerprint density at radius 3 is 2.74 bits per heavy atom. The summed E-state index contributed by atoms with van der Waals surface area (Å²) in [6.07, 6.45) is 0. The van der Waals surface area contributed by atoms with Crippen LogP contribution >= 0.6 is 38.9 Å². The van der Waals surface area contributed by atoms with E-state index in [1.54, 1.807) is 18.2 Å². The molecule has 0 aliphatic rings. The van der Waals surface area contributed by atoms with Crippen molar-refractivity contribution in [3.8, 4) is 0 Å². The SMILES string of the molecule is Cc1cc(C(=O)O)ccc1NCc1cc(Br)c(Cl)s1. The van der Waals surface area contributed by atoms with E-state index in [0.29, 0.717) is 12.1 Å². The van der Waals surface area contributed by atoms with Crippen LogP contribution in [0, 0.1) is 6.92 Å². The fourth-order valence-corrected chi connectivity index (χ4v) is 3.39. The van der Waals surface area contributed by atoms with Gasteiger partial charge in [0, 0.05) is 21.6 Å². The van der Waals surface area contributed by atoms with Gasteiger partial charge in [-0.3, -0.25) is 0 Å². The Morgan fingerprint density at radius 2 is 2.21 bits per heavy atom. The van der Waals surface area contributed by atoms with Crippen LogP contribution in [-0.2, 0) is 6.54 Å². The first kappa shape index (κ1) is 14.4. The molecule has 100 valence electrons. The molecule has 6 heteroatoms. The molecule has 0 amide bonds. The van der Waals surface area contributed by atoms with Crippen LogP contribution in [0.25, 0.3) is 0 Å². The van der Waals surface area contributed by atoms with Crippen LogP contribution in [0.5, 0.6) is 0 Å². The number of carboxylic acids is 1. The number of benzene rings is 1. The van der Waals surface area contributed by atoms with Gasteiger partial charge < -0.3 is 10.4 Å². The summed E-state index contributed by atoms with van der Waals surface area (Å²) in [5.74, 6) is -0.913. The molecule has 2 N–H and O–H groups in total. The van der Waals surface area contributed by atoms with E-state index in [1.807, 2.05) is 13.0 Å². The number of hydrogen-bond acceptors (Lipinski definition) is 3. The quantitative estimate of drug-likeness (QED) is 0.824. The zero-order valence-corrected chi connectivity index (χ0v) is 13.2. The van der Waals surface area contributed by atoms with E-state index in [2.05, 4.69) is 21.2 Å². The maximum atomic E-state index is 10.8. The van der Waals surface area contributed by atoms with Gasteiger partial charge in [-0.15, -0.1) is 11.3 Å². The molecule has 2 aromatic rings. The smallest absolute Gasteiger partial charge is 0.335 e. The molecule has 0 fully saturated rings. The summed E-state index contributed by atoms with van der Waals surface area (Å²) in [6, 6.07) is 7.00. The molecule has 0 spiro atoms. The monoisotopic (exact) mass is 359 g/mol. The molecule has 1 aromatic carbocycles. The standard InChI is InChI=1S/C13H11BrClNO2S/c1-7-4-8(13(17)18)2-3-11(7)16-6-9-5-10(14)12(15)19-9/h2-5,16H,6H2,1H3,(H,17,18). The average molecular weight is 361 g/mol. The third-order valence-electron chi connectivity index (χ3n) is 2.62. The molecule has 0 unspecified atom stereocenters. The largest absolute Gasteiger partial charge is 0.478 e. The summed E-state index contributed by atoms with van der Waals surface area (Å²) in [7, 11) is 0. The minimum absolute atomic E-state index is 0.296. The number of anilines is 1. The maximum absolute atomic E-state index is 10.8. The van der Waals surface area contributed by atoms with Crippen molar-refractivity contribution in [1.29, 1.82) is 0 Å². The van der Waals surface area contributed by atoms with Gasteiger partial charge in [-0.05, 0) is 52.7 Å². The number of halogens is 2. The van der Waals surface area contributed by atoms with Crippen molar-refractivity contribution in [1.82, 2.24) is 0 Å². The van der Waals surface area contributed by atoms with Gasteiger partial charge in [0.05, 0.1) is 5.56 Å². The molecule has 0 radical (unpaired) electrons. The van der Waals surface area contributed by atoms with Crippen molar-refractivity contribution in [3.63, 3.8) is 0 Å². The molecule has 0 saturated heterocycles. The number of thiophene rings is 1. The van der Waals surface area contributed by atoms with Gasteiger partial charge in [0.1, 0.15) is 4.34 Å². The number of hydrogen-bond donors (Lipinski definition) is 2. The van der Waals surface area contributed by atoms with E-state index >= 15 is 0 Å². The van der Waals surface area contributed by atoms with Crippen molar-refractivity contribution in [2.45, 2.75) is 13.5 Å². The number of aryl methyl sites for hydroxylation is 1. The predicted molar refractivity (Wildman–Crippen MR) is 82.5 cm³/mol. The summed E-state index contributed by atoms with van der Waals surface area (Å²) in [4.78, 5) is 12.0. The van der Waals surface area contributed by atoms with Crippen LogP contribution in [-0.4, -0.2) is 11.1 Å². The highest BCUT2D eigenvalue weighted by Crippen LogP contribution is 2.32. The Morgan fingerprint density at radius 1 is 1.47 bits per heavy atom. The molecule has 2 rings (SSSR count). The second kappa shape index (κ2) is 5.94. The van der Waals surface area contributed by atoms with Gasteiger partial charge in [-0.25, -0.2) is 4.79 Å². The first-order valence-electron chi connectivity index (χ1n) is 5.49. The Kier molecular flexibility index (Phi) is 4.50. The van der Waals surface area contributed by atoms with Crippen LogP contribution in [0.1, 0.15) is 20.8 Å². The first-order chi connectivity index (χ1) is 8.97. The van der Waals surface area contributed by atoms with Crippen LogP contribution < -0.4 is 5.32 Å². The zero-order chi connectivity index (χ0) is 14.0. The summed E-state index contributed by atoms with van der Waals surface area (Å²) in [5.41, 5.74) is 2.12. The Bertz CT molecular complexity index is 608. The highest BCUT2D eigenvalue weighted by Gasteiger charge is 2.07. The highest BCUT2D eigenvalue weighted by atomic mass is 79.9. The van der Waals surface area contributed by atoms with Gasteiger partial charge in [0.2, 0.25) is 0 Å². The van der Waals surface area contributed by atoms with Crippen LogP contribution in [0.15, 0.2) is 28.7 Å². The van der Waals surface area contributed by atoms with E-state index in [1.165, 1.54) is 11.3 Å². The molecule has 0 bridgehead atoms. The fraction of sp³-hybridized carbons (Fsp3) is 0.154. The molecule has 1 aromatic heterocycles. The molecule has 0 aliphatic carbocycles. The van der Waals surface area contributed by atoms with Crippen molar-refractivity contribution < 1.29 is 9.90 Å². The number of carboxylic acid groups (broad SMARTS) is 1. The van der Waals surface area contributed by atoms with E-state index in [9.17, 15) is 4.79 Å². The van der Waals surface area contributed by atoms with Crippen molar-refractivity contribution in [3.05, 3.63) is 49.1 Å². The van der Waals surface area contributed by atoms with E-state index in [0.717, 1.165) is 24.9 Å². The molecule has 19 heavy (non-hydrogen) atoms. The minimum Gasteiger partial charge on any atom is -0.478 e. The topological polar surface area (TPSA) is 49.3 Å². The molecule has 0 atom stereocenters. The summed E-state index contributed by atoms with van der Waals surface area (Å²) in [5, 5.41) is 12.2. The van der Waals surface area contributed by atoms with E-state index in [-0.39, 0.29) is 0 Å². The van der Waals surface area contributed by atoms with Gasteiger partial charge >= 0.3 is 5.97 Å². The zero-order valence-electron chi connectivity index (χ0n) is 10.0. The van der Waals surface area contributed by atoms with Crippen molar-refractivity contribution in [2.24, 2.45) is 0 Å². The van der Waals surface area contributed by atoms with Crippen molar-refractivity contribution in [2.75, 3.05) is 5.32 Å². The molecular weight excluding hydrogens is 350 g/mol. The predicted octanol–water partition coefficient (Wildman–Crippen LogP) is 4.78. The summed E-state index contributed by atoms with van der Waals surface area (Å²) >= 11 is 10.9. The van der Waals surface area contributed by atoms with E-state index in [4.69, 9.17) is 16.7 Å². The third-order valence-corrected chi connectivity index (χ3v) is 5.10. The van der Waals surface area contributed by atoms with Gasteiger partial charge in [0.15, 0.2) is 0 Å². The van der Waals surface area contributed by atoms with Gasteiger partial charge in [-0.1, -0.05) is 11.6 Å². The maximum Gasteiger partial charge on any atom is 0.335 e. The number of nitrogens with one attached hydrogen (secondary N) is 1. The van der Waals surface area contributed by atoms with Crippen LogP contribution in [0.2, 0.25) is 4.34 Å². The summed E-state index contributed by atoms with van der Waals surface area (Å²) < 4.78 is 1.63. The average Bonchev–Trinajstić information content (AvgIpc) is 2.67. The highest BCUT2D eigenvalue weighted by molar-refractivity contribution is 9.10. The Labute approximate surface area is 128 Å². The molecule has 3 nitrogen and oxygen atoms in total. The van der Waals surface area contributed by atoms with E-state index < -0.39 is 5.97 Å². The number of aromatic carboxylic acids is 1. The molecule has 1 heterocycles. The van der Waals surface area contributed by atoms with Crippen LogP contribution in [0.3, 0.4) is 0 Å². The second-order valence-electron chi connectivity index (χ2n) is 4.02. The Hall–Kier alpha value is -1.04. The third kappa shape index (κ3) is 3.49. The lowest BCUT2D eigenvalue weighted by atomic mass is 10.1. The minimum atomic E-state index is -0.913. The summed E-state index contributed by atoms with van der Waals surface area (Å²) in [6.45, 7) is 2.54. The molecular formula is C13H11BrClNO2S. The first-order valence-corrected chi connectivity index (χ1v) is 7.47. The number of rotatable bonds is 4. The molecule has 0 saturated carbocycles. The lowest BCUT2D eigenvalue weighted by Crippen LogP contribution is -2.02.